The van der Waals surface area contributed by atoms with E-state index in [1.165, 1.54) is 26.9 Å². The zero-order chi connectivity index (χ0) is 16.1. The monoisotopic (exact) mass is 305 g/mol. The minimum atomic E-state index is -1.20. The third kappa shape index (κ3) is 3.49. The Morgan fingerprint density at radius 2 is 2.05 bits per heavy atom. The van der Waals surface area contributed by atoms with Crippen molar-refractivity contribution < 1.29 is 9.13 Å². The van der Waals surface area contributed by atoms with E-state index in [1.54, 1.807) is 12.1 Å². The molecule has 2 rings (SSSR count). The Morgan fingerprint density at radius 1 is 1.27 bits per heavy atom. The number of ether oxygens (including phenoxy) is 1. The van der Waals surface area contributed by atoms with Crippen molar-refractivity contribution in [3.8, 4) is 5.75 Å². The van der Waals surface area contributed by atoms with Gasteiger partial charge in [-0.15, -0.1) is 0 Å². The summed E-state index contributed by atoms with van der Waals surface area (Å²) in [5.74, 6) is 0.473. The van der Waals surface area contributed by atoms with Crippen molar-refractivity contribution in [3.05, 3.63) is 39.7 Å². The number of rotatable bonds is 7. The highest BCUT2D eigenvalue weighted by Gasteiger charge is 2.17. The van der Waals surface area contributed by atoms with Crippen LogP contribution in [0.1, 0.15) is 56.8 Å². The quantitative estimate of drug-likeness (QED) is 0.754. The first-order valence-corrected chi connectivity index (χ1v) is 7.95. The average Bonchev–Trinajstić information content (AvgIpc) is 2.49. The lowest BCUT2D eigenvalue weighted by Gasteiger charge is -2.14. The summed E-state index contributed by atoms with van der Waals surface area (Å²) in [5.41, 5.74) is 1.78. The van der Waals surface area contributed by atoms with Crippen molar-refractivity contribution in [2.75, 3.05) is 7.11 Å². The number of unbranched alkanes of at least 4 members (excludes halogenated alkanes) is 3. The van der Waals surface area contributed by atoms with Crippen molar-refractivity contribution in [3.63, 3.8) is 0 Å². The molecule has 0 fully saturated rings. The molecule has 1 N–H and O–H groups in total. The number of nitrogens with one attached hydrogen (secondary N) is 1. The number of pyridine rings is 1. The van der Waals surface area contributed by atoms with E-state index in [0.29, 0.717) is 16.8 Å². The second kappa shape index (κ2) is 7.43. The fourth-order valence-corrected chi connectivity index (χ4v) is 2.92. The third-order valence-electron chi connectivity index (χ3n) is 4.02. The second-order valence-electron chi connectivity index (χ2n) is 5.69. The van der Waals surface area contributed by atoms with Gasteiger partial charge in [0.15, 0.2) is 0 Å². The molecular weight excluding hydrogens is 281 g/mol. The molecule has 0 aliphatic rings. The van der Waals surface area contributed by atoms with E-state index in [1.807, 2.05) is 6.07 Å². The topological polar surface area (TPSA) is 42.1 Å². The molecule has 0 aliphatic heterocycles. The molecule has 0 radical (unpaired) electrons. The van der Waals surface area contributed by atoms with Gasteiger partial charge in [-0.1, -0.05) is 26.2 Å². The van der Waals surface area contributed by atoms with Crippen LogP contribution in [0.2, 0.25) is 0 Å². The van der Waals surface area contributed by atoms with E-state index in [0.717, 1.165) is 30.2 Å². The highest BCUT2D eigenvalue weighted by Crippen LogP contribution is 2.34. The standard InChI is InChI=1S/C18H24FNO2/c1-4-5-6-7-8-13-11-16(21)20-18-14(13)9-10-15(22-3)17(18)12(2)19/h9-12H,4-8H2,1-3H3,(H,20,21). The normalized spacial score (nSPS) is 12.5. The van der Waals surface area contributed by atoms with Crippen LogP contribution in [-0.2, 0) is 6.42 Å². The number of aromatic amines is 1. The van der Waals surface area contributed by atoms with Gasteiger partial charge in [-0.05, 0) is 37.5 Å². The summed E-state index contributed by atoms with van der Waals surface area (Å²) < 4.78 is 19.3. The van der Waals surface area contributed by atoms with Gasteiger partial charge in [0.1, 0.15) is 11.9 Å². The first-order valence-electron chi connectivity index (χ1n) is 7.95. The van der Waals surface area contributed by atoms with E-state index >= 15 is 0 Å². The van der Waals surface area contributed by atoms with E-state index in [2.05, 4.69) is 11.9 Å². The number of alkyl halides is 1. The average molecular weight is 305 g/mol. The molecule has 0 amide bonds. The van der Waals surface area contributed by atoms with Crippen molar-refractivity contribution in [2.24, 2.45) is 0 Å². The van der Waals surface area contributed by atoms with Crippen molar-refractivity contribution >= 4 is 10.9 Å². The molecule has 0 spiro atoms. The second-order valence-corrected chi connectivity index (χ2v) is 5.69. The number of methoxy groups -OCH3 is 1. The van der Waals surface area contributed by atoms with Gasteiger partial charge in [0.25, 0.3) is 0 Å². The van der Waals surface area contributed by atoms with Gasteiger partial charge in [0.05, 0.1) is 18.2 Å². The van der Waals surface area contributed by atoms with Crippen molar-refractivity contribution in [2.45, 2.75) is 52.1 Å². The van der Waals surface area contributed by atoms with Crippen LogP contribution < -0.4 is 10.3 Å². The zero-order valence-corrected chi connectivity index (χ0v) is 13.5. The van der Waals surface area contributed by atoms with E-state index in [9.17, 15) is 9.18 Å². The maximum Gasteiger partial charge on any atom is 0.248 e. The zero-order valence-electron chi connectivity index (χ0n) is 13.5. The number of hydrogen-bond acceptors (Lipinski definition) is 2. The lowest BCUT2D eigenvalue weighted by Crippen LogP contribution is -2.09. The van der Waals surface area contributed by atoms with Crippen LogP contribution in [0.4, 0.5) is 4.39 Å². The molecule has 1 aromatic heterocycles. The van der Waals surface area contributed by atoms with Gasteiger partial charge in [0, 0.05) is 11.5 Å². The molecule has 0 saturated heterocycles. The van der Waals surface area contributed by atoms with E-state index in [4.69, 9.17) is 4.74 Å². The number of hydrogen-bond donors (Lipinski definition) is 1. The highest BCUT2D eigenvalue weighted by atomic mass is 19.1. The van der Waals surface area contributed by atoms with Gasteiger partial charge < -0.3 is 9.72 Å². The molecule has 4 heteroatoms. The molecule has 0 saturated carbocycles. The fourth-order valence-electron chi connectivity index (χ4n) is 2.92. The smallest absolute Gasteiger partial charge is 0.248 e. The van der Waals surface area contributed by atoms with E-state index < -0.39 is 6.17 Å². The molecule has 3 nitrogen and oxygen atoms in total. The minimum Gasteiger partial charge on any atom is -0.496 e. The van der Waals surface area contributed by atoms with Crippen LogP contribution in [0.3, 0.4) is 0 Å². The van der Waals surface area contributed by atoms with Crippen LogP contribution in [0.5, 0.6) is 5.75 Å². The first kappa shape index (κ1) is 16.5. The van der Waals surface area contributed by atoms with Gasteiger partial charge in [0.2, 0.25) is 5.56 Å². The number of H-pyrrole nitrogens is 1. The Bertz CT molecular complexity index is 691. The Labute approximate surface area is 130 Å². The summed E-state index contributed by atoms with van der Waals surface area (Å²) in [5, 5.41) is 0.913. The van der Waals surface area contributed by atoms with Gasteiger partial charge in [-0.3, -0.25) is 4.79 Å². The summed E-state index contributed by atoms with van der Waals surface area (Å²) in [6.07, 6.45) is 4.20. The highest BCUT2D eigenvalue weighted by molar-refractivity contribution is 5.87. The molecule has 1 heterocycles. The molecule has 1 atom stereocenters. The van der Waals surface area contributed by atoms with Gasteiger partial charge in [-0.25, -0.2) is 4.39 Å². The Balaban J connectivity index is 2.50. The molecule has 22 heavy (non-hydrogen) atoms. The minimum absolute atomic E-state index is 0.187. The molecule has 1 unspecified atom stereocenters. The van der Waals surface area contributed by atoms with Crippen LogP contribution in [-0.4, -0.2) is 12.1 Å². The summed E-state index contributed by atoms with van der Waals surface area (Å²) >= 11 is 0. The fraction of sp³-hybridized carbons (Fsp3) is 0.500. The summed E-state index contributed by atoms with van der Waals surface area (Å²) in [4.78, 5) is 14.7. The van der Waals surface area contributed by atoms with Gasteiger partial charge >= 0.3 is 0 Å². The number of fused-ring (bicyclic) bond motifs is 1. The van der Waals surface area contributed by atoms with Crippen LogP contribution in [0, 0.1) is 0 Å². The number of benzene rings is 1. The third-order valence-corrected chi connectivity index (χ3v) is 4.02. The largest absolute Gasteiger partial charge is 0.496 e. The lowest BCUT2D eigenvalue weighted by molar-refractivity contribution is 0.349. The molecule has 0 bridgehead atoms. The number of aromatic nitrogens is 1. The van der Waals surface area contributed by atoms with Crippen molar-refractivity contribution in [1.82, 2.24) is 4.98 Å². The Kier molecular flexibility index (Phi) is 5.58. The molecule has 1 aromatic carbocycles. The predicted octanol–water partition coefficient (Wildman–Crippen LogP) is 4.69. The number of halogens is 1. The molecular formula is C18H24FNO2. The SMILES string of the molecule is CCCCCCc1cc(=O)[nH]c2c(C(C)F)c(OC)ccc12. The number of aryl methyl sites for hydroxylation is 1. The summed E-state index contributed by atoms with van der Waals surface area (Å²) in [7, 11) is 1.51. The molecule has 0 aliphatic carbocycles. The Morgan fingerprint density at radius 3 is 2.68 bits per heavy atom. The Hall–Kier alpha value is -1.84. The van der Waals surface area contributed by atoms with Crippen molar-refractivity contribution in [1.29, 1.82) is 0 Å². The maximum absolute atomic E-state index is 14.0. The molecule has 2 aromatic rings. The van der Waals surface area contributed by atoms with Crippen LogP contribution in [0.15, 0.2) is 23.0 Å². The van der Waals surface area contributed by atoms with E-state index in [-0.39, 0.29) is 5.56 Å². The summed E-state index contributed by atoms with van der Waals surface area (Å²) in [6, 6.07) is 5.32. The van der Waals surface area contributed by atoms with Gasteiger partial charge in [-0.2, -0.15) is 0 Å². The lowest BCUT2D eigenvalue weighted by atomic mass is 9.98. The van der Waals surface area contributed by atoms with Crippen LogP contribution in [0.25, 0.3) is 10.9 Å². The predicted molar refractivity (Wildman–Crippen MR) is 88.5 cm³/mol. The van der Waals surface area contributed by atoms with Crippen LogP contribution >= 0.6 is 0 Å². The maximum atomic E-state index is 14.0. The first-order chi connectivity index (χ1) is 10.6. The molecule has 120 valence electrons. The summed E-state index contributed by atoms with van der Waals surface area (Å²) in [6.45, 7) is 3.63.